The van der Waals surface area contributed by atoms with E-state index in [-0.39, 0.29) is 0 Å². The van der Waals surface area contributed by atoms with Crippen molar-refractivity contribution in [2.45, 2.75) is 71.6 Å². The minimum Gasteiger partial charge on any atom is -0.481 e. The molecule has 0 aliphatic heterocycles. The molecule has 0 heterocycles. The van der Waals surface area contributed by atoms with Gasteiger partial charge >= 0.3 is 5.97 Å². The lowest BCUT2D eigenvalue weighted by atomic mass is 10.2. The minimum atomic E-state index is -0.675. The van der Waals surface area contributed by atoms with Crippen molar-refractivity contribution in [3.05, 3.63) is 0 Å². The second-order valence-electron chi connectivity index (χ2n) is 4.23. The molecule has 4 heteroatoms. The van der Waals surface area contributed by atoms with Crippen LogP contribution in [0.4, 0.5) is 0 Å². The van der Waals surface area contributed by atoms with Gasteiger partial charge in [-0.05, 0) is 12.8 Å². The van der Waals surface area contributed by atoms with Gasteiger partial charge in [0.1, 0.15) is 0 Å². The van der Waals surface area contributed by atoms with Gasteiger partial charge in [0, 0.05) is 6.42 Å². The number of hydrogen-bond acceptors (Lipinski definition) is 3. The van der Waals surface area contributed by atoms with Crippen molar-refractivity contribution in [3.63, 3.8) is 0 Å². The average molecular weight is 260 g/mol. The van der Waals surface area contributed by atoms with E-state index in [4.69, 9.17) is 5.11 Å². The van der Waals surface area contributed by atoms with E-state index < -0.39 is 5.97 Å². The summed E-state index contributed by atoms with van der Waals surface area (Å²) in [5, 5.41) is 8.21. The molecule has 0 aromatic carbocycles. The normalized spacial score (nSPS) is 9.22. The first-order valence-corrected chi connectivity index (χ1v) is 6.96. The molecule has 0 amide bonds. The van der Waals surface area contributed by atoms with Crippen molar-refractivity contribution in [3.8, 4) is 0 Å². The molecule has 0 rings (SSSR count). The van der Waals surface area contributed by atoms with Gasteiger partial charge in [-0.3, -0.25) is 9.59 Å². The largest absolute Gasteiger partial charge is 0.481 e. The van der Waals surface area contributed by atoms with Crippen LogP contribution in [-0.2, 0) is 14.3 Å². The summed E-state index contributed by atoms with van der Waals surface area (Å²) in [7, 11) is 0. The molecule has 18 heavy (non-hydrogen) atoms. The van der Waals surface area contributed by atoms with Crippen molar-refractivity contribution in [2.75, 3.05) is 6.61 Å². The Morgan fingerprint density at radius 3 is 2.00 bits per heavy atom. The van der Waals surface area contributed by atoms with Crippen LogP contribution < -0.4 is 0 Å². The van der Waals surface area contributed by atoms with Crippen LogP contribution in [0.25, 0.3) is 0 Å². The molecule has 1 N–H and O–H groups in total. The Hall–Kier alpha value is -1.06. The third kappa shape index (κ3) is 24.3. The van der Waals surface area contributed by atoms with Crippen LogP contribution in [0.2, 0.25) is 0 Å². The molecule has 0 aliphatic carbocycles. The summed E-state index contributed by atoms with van der Waals surface area (Å²) in [6.45, 7) is 5.36. The van der Waals surface area contributed by atoms with Gasteiger partial charge in [0.2, 0.25) is 0 Å². The molecule has 0 bridgehead atoms. The van der Waals surface area contributed by atoms with E-state index in [0.29, 0.717) is 19.5 Å². The molecule has 0 aliphatic rings. The Kier molecular flexibility index (Phi) is 19.6. The molecular formula is C14H28O4. The second-order valence-corrected chi connectivity index (χ2v) is 4.23. The number of ether oxygens (including phenoxy) is 1. The fraction of sp³-hybridized carbons (Fsp3) is 0.857. The Bertz CT molecular complexity index is 181. The van der Waals surface area contributed by atoms with E-state index in [2.05, 4.69) is 18.6 Å². The van der Waals surface area contributed by atoms with Crippen molar-refractivity contribution in [1.29, 1.82) is 0 Å². The molecule has 0 saturated carbocycles. The molecule has 108 valence electrons. The van der Waals surface area contributed by atoms with Crippen LogP contribution in [0.5, 0.6) is 0 Å². The number of unbranched alkanes of at least 4 members (excludes halogenated alkanes) is 6. The second kappa shape index (κ2) is 18.3. The molecule has 0 atom stereocenters. The maximum Gasteiger partial charge on any atom is 0.303 e. The van der Waals surface area contributed by atoms with E-state index in [1.165, 1.54) is 25.7 Å². The SMILES string of the molecule is CCCCCCC(=O)O.CCCCCCOC=O. The Morgan fingerprint density at radius 1 is 1.00 bits per heavy atom. The molecule has 0 spiro atoms. The van der Waals surface area contributed by atoms with Crippen molar-refractivity contribution >= 4 is 12.4 Å². The molecule has 0 aromatic rings. The summed E-state index contributed by atoms with van der Waals surface area (Å²) in [5.74, 6) is -0.675. The zero-order valence-electron chi connectivity index (χ0n) is 11.8. The number of hydrogen-bond donors (Lipinski definition) is 1. The third-order valence-electron chi connectivity index (χ3n) is 2.43. The summed E-state index contributed by atoms with van der Waals surface area (Å²) in [4.78, 5) is 19.6. The van der Waals surface area contributed by atoms with Crippen LogP contribution in [-0.4, -0.2) is 24.2 Å². The lowest BCUT2D eigenvalue weighted by Gasteiger charge is -1.95. The van der Waals surface area contributed by atoms with Gasteiger partial charge in [0.05, 0.1) is 6.61 Å². The van der Waals surface area contributed by atoms with Crippen LogP contribution in [0, 0.1) is 0 Å². The first-order chi connectivity index (χ1) is 8.68. The maximum atomic E-state index is 9.96. The zero-order valence-corrected chi connectivity index (χ0v) is 11.8. The van der Waals surface area contributed by atoms with Crippen LogP contribution in [0.3, 0.4) is 0 Å². The number of carboxylic acids is 1. The van der Waals surface area contributed by atoms with E-state index >= 15 is 0 Å². The quantitative estimate of drug-likeness (QED) is 0.453. The van der Waals surface area contributed by atoms with Crippen molar-refractivity contribution < 1.29 is 19.4 Å². The highest BCUT2D eigenvalue weighted by Crippen LogP contribution is 2.01. The molecule has 0 fully saturated rings. The average Bonchev–Trinajstić information content (AvgIpc) is 2.35. The number of carboxylic acid groups (broad SMARTS) is 1. The van der Waals surface area contributed by atoms with Crippen LogP contribution in [0.15, 0.2) is 0 Å². The third-order valence-corrected chi connectivity index (χ3v) is 2.43. The molecular weight excluding hydrogens is 232 g/mol. The molecule has 4 nitrogen and oxygen atoms in total. The number of carbonyl (C=O) groups excluding carboxylic acids is 1. The fourth-order valence-electron chi connectivity index (χ4n) is 1.36. The van der Waals surface area contributed by atoms with Crippen molar-refractivity contribution in [2.24, 2.45) is 0 Å². The highest BCUT2D eigenvalue weighted by atomic mass is 16.5. The van der Waals surface area contributed by atoms with Gasteiger partial charge in [0.25, 0.3) is 6.47 Å². The van der Waals surface area contributed by atoms with Gasteiger partial charge in [-0.2, -0.15) is 0 Å². The molecule has 0 aromatic heterocycles. The standard InChI is InChI=1S/2C7H14O2/c1-2-3-4-5-6-9-7-8;1-2-3-4-5-6-7(8)9/h7H,2-6H2,1H3;2-6H2,1H3,(H,8,9). The first-order valence-electron chi connectivity index (χ1n) is 6.96. The number of aliphatic carboxylic acids is 1. The summed E-state index contributed by atoms with van der Waals surface area (Å²) < 4.78 is 4.50. The van der Waals surface area contributed by atoms with E-state index in [1.54, 1.807) is 0 Å². The highest BCUT2D eigenvalue weighted by Gasteiger charge is 1.93. The summed E-state index contributed by atoms with van der Waals surface area (Å²) in [6.07, 6.45) is 9.19. The topological polar surface area (TPSA) is 63.6 Å². The predicted octanol–water partition coefficient (Wildman–Crippen LogP) is 3.78. The van der Waals surface area contributed by atoms with Gasteiger partial charge in [-0.15, -0.1) is 0 Å². The lowest BCUT2D eigenvalue weighted by Crippen LogP contribution is -1.92. The first kappa shape index (κ1) is 19.3. The van der Waals surface area contributed by atoms with E-state index in [1.807, 2.05) is 0 Å². The van der Waals surface area contributed by atoms with Gasteiger partial charge < -0.3 is 9.84 Å². The monoisotopic (exact) mass is 260 g/mol. The summed E-state index contributed by atoms with van der Waals surface area (Å²) in [6, 6.07) is 0. The van der Waals surface area contributed by atoms with Gasteiger partial charge in [0.15, 0.2) is 0 Å². The molecule has 0 radical (unpaired) electrons. The summed E-state index contributed by atoms with van der Waals surface area (Å²) >= 11 is 0. The Morgan fingerprint density at radius 2 is 1.56 bits per heavy atom. The number of rotatable bonds is 11. The Labute approximate surface area is 111 Å². The summed E-state index contributed by atoms with van der Waals surface area (Å²) in [5.41, 5.74) is 0. The van der Waals surface area contributed by atoms with E-state index in [9.17, 15) is 9.59 Å². The number of carbonyl (C=O) groups is 2. The predicted molar refractivity (Wildman–Crippen MR) is 72.6 cm³/mol. The molecule has 0 saturated heterocycles. The van der Waals surface area contributed by atoms with Crippen LogP contribution >= 0.6 is 0 Å². The van der Waals surface area contributed by atoms with Gasteiger partial charge in [-0.1, -0.05) is 52.4 Å². The van der Waals surface area contributed by atoms with Crippen LogP contribution in [0.1, 0.15) is 71.6 Å². The minimum absolute atomic E-state index is 0.333. The lowest BCUT2D eigenvalue weighted by molar-refractivity contribution is -0.137. The van der Waals surface area contributed by atoms with Crippen molar-refractivity contribution in [1.82, 2.24) is 0 Å². The zero-order chi connectivity index (χ0) is 14.1. The smallest absolute Gasteiger partial charge is 0.303 e. The highest BCUT2D eigenvalue weighted by molar-refractivity contribution is 5.66. The maximum absolute atomic E-state index is 9.96. The molecule has 0 unspecified atom stereocenters. The van der Waals surface area contributed by atoms with E-state index in [0.717, 1.165) is 25.7 Å². The van der Waals surface area contributed by atoms with Gasteiger partial charge in [-0.25, -0.2) is 0 Å². The Balaban J connectivity index is 0. The fourth-order valence-corrected chi connectivity index (χ4v) is 1.36.